The lowest BCUT2D eigenvalue weighted by molar-refractivity contribution is -0.110. The molecular weight excluding hydrogens is 330 g/mol. The SMILES string of the molecule is CC1=C2C(=Nc3cc(C(=O)NC4CC4)ccc3C)N=CNN2CC1C=O. The molecule has 2 N–H and O–H groups in total. The molecule has 2 aliphatic heterocycles. The minimum atomic E-state index is -0.166. The van der Waals surface area contributed by atoms with Gasteiger partial charge in [0.25, 0.3) is 5.91 Å². The largest absolute Gasteiger partial charge is 0.349 e. The number of hydrazine groups is 1. The van der Waals surface area contributed by atoms with Crippen molar-refractivity contribution in [3.05, 3.63) is 40.6 Å². The van der Waals surface area contributed by atoms with Gasteiger partial charge >= 0.3 is 0 Å². The van der Waals surface area contributed by atoms with Gasteiger partial charge in [-0.15, -0.1) is 0 Å². The molecule has 4 rings (SSSR count). The Kier molecular flexibility index (Phi) is 4.06. The van der Waals surface area contributed by atoms with Crippen molar-refractivity contribution in [2.75, 3.05) is 6.54 Å². The molecule has 1 fully saturated rings. The van der Waals surface area contributed by atoms with Crippen LogP contribution in [0.4, 0.5) is 5.69 Å². The minimum absolute atomic E-state index is 0.0679. The number of carbonyl (C=O) groups excluding carboxylic acids is 2. The van der Waals surface area contributed by atoms with E-state index in [1.165, 1.54) is 0 Å². The van der Waals surface area contributed by atoms with Crippen LogP contribution < -0.4 is 10.7 Å². The topological polar surface area (TPSA) is 86.2 Å². The number of nitrogens with one attached hydrogen (secondary N) is 2. The monoisotopic (exact) mass is 351 g/mol. The Morgan fingerprint density at radius 3 is 2.92 bits per heavy atom. The number of aliphatic imine (C=N–C) groups is 2. The predicted octanol–water partition coefficient (Wildman–Crippen LogP) is 1.87. The number of carbonyl (C=O) groups is 2. The third kappa shape index (κ3) is 3.00. The van der Waals surface area contributed by atoms with Crippen molar-refractivity contribution in [1.29, 1.82) is 0 Å². The van der Waals surface area contributed by atoms with Crippen molar-refractivity contribution < 1.29 is 9.59 Å². The average molecular weight is 351 g/mol. The fraction of sp³-hybridized carbons (Fsp3) is 0.368. The number of hydrogen-bond acceptors (Lipinski definition) is 5. The molecule has 1 atom stereocenters. The molecule has 7 heteroatoms. The number of benzene rings is 1. The molecule has 1 saturated carbocycles. The Morgan fingerprint density at radius 2 is 2.19 bits per heavy atom. The van der Waals surface area contributed by atoms with Crippen LogP contribution >= 0.6 is 0 Å². The molecule has 1 aliphatic carbocycles. The molecule has 7 nitrogen and oxygen atoms in total. The maximum Gasteiger partial charge on any atom is 0.251 e. The first-order valence-electron chi connectivity index (χ1n) is 8.79. The molecule has 0 spiro atoms. The summed E-state index contributed by atoms with van der Waals surface area (Å²) in [5, 5.41) is 4.88. The summed E-state index contributed by atoms with van der Waals surface area (Å²) in [6.45, 7) is 4.45. The van der Waals surface area contributed by atoms with E-state index in [9.17, 15) is 9.59 Å². The molecule has 134 valence electrons. The molecule has 1 aromatic rings. The second-order valence-electron chi connectivity index (χ2n) is 6.96. The van der Waals surface area contributed by atoms with Gasteiger partial charge in [0, 0.05) is 11.6 Å². The fourth-order valence-electron chi connectivity index (χ4n) is 3.16. The third-order valence-electron chi connectivity index (χ3n) is 4.97. The highest BCUT2D eigenvalue weighted by molar-refractivity contribution is 6.06. The van der Waals surface area contributed by atoms with Crippen LogP contribution in [-0.2, 0) is 4.79 Å². The summed E-state index contributed by atoms with van der Waals surface area (Å²) < 4.78 is 0. The Balaban J connectivity index is 1.69. The number of fused-ring (bicyclic) bond motifs is 1. The molecule has 1 aromatic carbocycles. The predicted molar refractivity (Wildman–Crippen MR) is 99.3 cm³/mol. The summed E-state index contributed by atoms with van der Waals surface area (Å²) >= 11 is 0. The Hall–Kier alpha value is -2.96. The van der Waals surface area contributed by atoms with Gasteiger partial charge in [0.1, 0.15) is 18.3 Å². The first-order chi connectivity index (χ1) is 12.6. The number of amides is 1. The second kappa shape index (κ2) is 6.40. The van der Waals surface area contributed by atoms with Crippen LogP contribution in [0.1, 0.15) is 35.7 Å². The highest BCUT2D eigenvalue weighted by Gasteiger charge is 2.33. The lowest BCUT2D eigenvalue weighted by Gasteiger charge is -2.25. The number of amidine groups is 1. The number of rotatable bonds is 4. The standard InChI is InChI=1S/C19H21N5O2/c1-11-3-4-13(19(26)22-15-5-6-15)7-16(11)23-18-17-12(2)14(9-25)8-24(17)21-10-20-18/h3-4,7,9-10,14-15H,5-6,8H2,1-2H3,(H,22,26)(H,20,21,23). The molecule has 0 saturated heterocycles. The van der Waals surface area contributed by atoms with Gasteiger partial charge < -0.3 is 10.1 Å². The summed E-state index contributed by atoms with van der Waals surface area (Å²) in [6.07, 6.45) is 4.63. The van der Waals surface area contributed by atoms with Crippen LogP contribution in [0.3, 0.4) is 0 Å². The smallest absolute Gasteiger partial charge is 0.251 e. The maximum absolute atomic E-state index is 12.3. The number of aryl methyl sites for hydroxylation is 1. The van der Waals surface area contributed by atoms with E-state index in [0.717, 1.165) is 36.0 Å². The molecule has 1 unspecified atom stereocenters. The van der Waals surface area contributed by atoms with E-state index in [1.54, 1.807) is 12.4 Å². The van der Waals surface area contributed by atoms with Gasteiger partial charge in [-0.1, -0.05) is 6.07 Å². The average Bonchev–Trinajstić information content (AvgIpc) is 3.38. The summed E-state index contributed by atoms with van der Waals surface area (Å²) in [5.74, 6) is 0.316. The maximum atomic E-state index is 12.3. The molecule has 0 bridgehead atoms. The van der Waals surface area contributed by atoms with Crippen LogP contribution in [0, 0.1) is 12.8 Å². The Morgan fingerprint density at radius 1 is 1.38 bits per heavy atom. The normalized spacial score (nSPS) is 23.1. The molecule has 3 aliphatic rings. The van der Waals surface area contributed by atoms with E-state index in [0.29, 0.717) is 29.7 Å². The molecule has 2 heterocycles. The van der Waals surface area contributed by atoms with E-state index in [-0.39, 0.29) is 11.8 Å². The highest BCUT2D eigenvalue weighted by atomic mass is 16.1. The van der Waals surface area contributed by atoms with Crippen LogP contribution in [0.5, 0.6) is 0 Å². The summed E-state index contributed by atoms with van der Waals surface area (Å²) in [4.78, 5) is 32.6. The Bertz CT molecular complexity index is 867. The van der Waals surface area contributed by atoms with E-state index in [4.69, 9.17) is 4.99 Å². The van der Waals surface area contributed by atoms with Crippen molar-refractivity contribution in [3.63, 3.8) is 0 Å². The van der Waals surface area contributed by atoms with Crippen LogP contribution in [0.2, 0.25) is 0 Å². The van der Waals surface area contributed by atoms with Crippen molar-refractivity contribution in [2.45, 2.75) is 32.7 Å². The zero-order chi connectivity index (χ0) is 18.3. The van der Waals surface area contributed by atoms with Gasteiger partial charge in [-0.25, -0.2) is 9.98 Å². The van der Waals surface area contributed by atoms with Crippen molar-refractivity contribution in [1.82, 2.24) is 15.8 Å². The van der Waals surface area contributed by atoms with Gasteiger partial charge in [-0.3, -0.25) is 15.2 Å². The fourth-order valence-corrected chi connectivity index (χ4v) is 3.16. The number of aldehydes is 1. The van der Waals surface area contributed by atoms with Gasteiger partial charge in [-0.05, 0) is 50.0 Å². The lowest BCUT2D eigenvalue weighted by atomic mass is 10.0. The minimum Gasteiger partial charge on any atom is -0.349 e. The van der Waals surface area contributed by atoms with E-state index in [2.05, 4.69) is 15.7 Å². The van der Waals surface area contributed by atoms with E-state index >= 15 is 0 Å². The van der Waals surface area contributed by atoms with Gasteiger partial charge in [0.05, 0.1) is 18.2 Å². The Labute approximate surface area is 151 Å². The van der Waals surface area contributed by atoms with E-state index in [1.807, 2.05) is 31.0 Å². The van der Waals surface area contributed by atoms with E-state index < -0.39 is 0 Å². The highest BCUT2D eigenvalue weighted by Crippen LogP contribution is 2.30. The second-order valence-corrected chi connectivity index (χ2v) is 6.96. The van der Waals surface area contributed by atoms with Gasteiger partial charge in [0.15, 0.2) is 5.84 Å². The quantitative estimate of drug-likeness (QED) is 0.811. The summed E-state index contributed by atoms with van der Waals surface area (Å²) in [6, 6.07) is 5.82. The zero-order valence-corrected chi connectivity index (χ0v) is 14.8. The van der Waals surface area contributed by atoms with Crippen molar-refractivity contribution in [3.8, 4) is 0 Å². The first kappa shape index (κ1) is 16.5. The number of nitrogens with zero attached hydrogens (tertiary/aromatic N) is 3. The number of hydrogen-bond donors (Lipinski definition) is 2. The molecule has 0 aromatic heterocycles. The van der Waals surface area contributed by atoms with Crippen LogP contribution in [0.25, 0.3) is 0 Å². The van der Waals surface area contributed by atoms with Gasteiger partial charge in [-0.2, -0.15) is 0 Å². The summed E-state index contributed by atoms with van der Waals surface area (Å²) in [7, 11) is 0. The third-order valence-corrected chi connectivity index (χ3v) is 4.97. The van der Waals surface area contributed by atoms with Crippen LogP contribution in [-0.4, -0.2) is 42.0 Å². The molecular formula is C19H21N5O2. The van der Waals surface area contributed by atoms with Crippen molar-refractivity contribution >= 4 is 30.1 Å². The molecule has 1 amide bonds. The molecule has 0 radical (unpaired) electrons. The lowest BCUT2D eigenvalue weighted by Crippen LogP contribution is -2.41. The van der Waals surface area contributed by atoms with Gasteiger partial charge in [0.2, 0.25) is 0 Å². The molecule has 26 heavy (non-hydrogen) atoms. The van der Waals surface area contributed by atoms with Crippen LogP contribution in [0.15, 0.2) is 39.5 Å². The zero-order valence-electron chi connectivity index (χ0n) is 14.8. The van der Waals surface area contributed by atoms with Crippen molar-refractivity contribution in [2.24, 2.45) is 15.9 Å². The summed E-state index contributed by atoms with van der Waals surface area (Å²) in [5.41, 5.74) is 7.09. The first-order valence-corrected chi connectivity index (χ1v) is 8.79.